The van der Waals surface area contributed by atoms with Gasteiger partial charge >= 0.3 is 0 Å². The van der Waals surface area contributed by atoms with E-state index in [1.54, 1.807) is 68.6 Å². The van der Waals surface area contributed by atoms with Crippen LogP contribution in [0.15, 0.2) is 77.7 Å². The van der Waals surface area contributed by atoms with Gasteiger partial charge in [-0.05, 0) is 67.6 Å². The Kier molecular flexibility index (Phi) is 10.9. The molecule has 3 rings (SSSR count). The zero-order valence-electron chi connectivity index (χ0n) is 24.8. The molecule has 0 heterocycles. The maximum Gasteiger partial charge on any atom is 0.264 e. The number of rotatable bonds is 13. The lowest BCUT2D eigenvalue weighted by atomic mass is 10.1. The molecule has 0 unspecified atom stereocenters. The summed E-state index contributed by atoms with van der Waals surface area (Å²) in [5.74, 6) is 0.0884. The van der Waals surface area contributed by atoms with Crippen molar-refractivity contribution < 1.29 is 22.7 Å². The minimum atomic E-state index is -4.11. The largest absolute Gasteiger partial charge is 0.497 e. The molecule has 0 spiro atoms. The lowest BCUT2D eigenvalue weighted by molar-refractivity contribution is -0.140. The SMILES string of the molecule is CC[C@H](C(=O)NCC(C)C)N(Cc1cccc(OC)c1)C(=O)CN(c1ccccc1C)S(=O)(=O)c1ccc(C)cc1. The van der Waals surface area contributed by atoms with Crippen molar-refractivity contribution in [2.75, 3.05) is 24.5 Å². The van der Waals surface area contributed by atoms with Gasteiger partial charge in [0.15, 0.2) is 0 Å². The summed E-state index contributed by atoms with van der Waals surface area (Å²) in [6.45, 7) is 9.62. The van der Waals surface area contributed by atoms with E-state index in [-0.39, 0.29) is 23.3 Å². The Balaban J connectivity index is 2.07. The Morgan fingerprint density at radius 3 is 2.24 bits per heavy atom. The van der Waals surface area contributed by atoms with Crippen LogP contribution in [0.4, 0.5) is 5.69 Å². The van der Waals surface area contributed by atoms with Crippen molar-refractivity contribution in [3.8, 4) is 5.75 Å². The van der Waals surface area contributed by atoms with Crippen molar-refractivity contribution >= 4 is 27.5 Å². The summed E-state index contributed by atoms with van der Waals surface area (Å²) in [5, 5.41) is 2.94. The molecule has 1 atom stereocenters. The molecule has 9 heteroatoms. The number of methoxy groups -OCH3 is 1. The molecule has 0 fully saturated rings. The van der Waals surface area contributed by atoms with Gasteiger partial charge in [-0.1, -0.05) is 68.8 Å². The molecule has 220 valence electrons. The topological polar surface area (TPSA) is 96.0 Å². The first-order valence-corrected chi connectivity index (χ1v) is 15.3. The van der Waals surface area contributed by atoms with E-state index in [9.17, 15) is 18.0 Å². The number of hydrogen-bond donors (Lipinski definition) is 1. The van der Waals surface area contributed by atoms with E-state index in [1.165, 1.54) is 4.90 Å². The van der Waals surface area contributed by atoms with E-state index in [1.807, 2.05) is 45.9 Å². The third kappa shape index (κ3) is 8.10. The van der Waals surface area contributed by atoms with Gasteiger partial charge in [-0.25, -0.2) is 8.42 Å². The lowest BCUT2D eigenvalue weighted by Gasteiger charge is -2.33. The van der Waals surface area contributed by atoms with Crippen LogP contribution in [0.1, 0.15) is 43.9 Å². The maximum absolute atomic E-state index is 14.2. The van der Waals surface area contributed by atoms with Crippen LogP contribution in [-0.4, -0.2) is 51.4 Å². The number of hydrogen-bond acceptors (Lipinski definition) is 5. The summed E-state index contributed by atoms with van der Waals surface area (Å²) >= 11 is 0. The van der Waals surface area contributed by atoms with Crippen molar-refractivity contribution in [3.05, 3.63) is 89.5 Å². The van der Waals surface area contributed by atoms with Gasteiger partial charge < -0.3 is 15.0 Å². The smallest absolute Gasteiger partial charge is 0.264 e. The van der Waals surface area contributed by atoms with Gasteiger partial charge in [-0.15, -0.1) is 0 Å². The zero-order chi connectivity index (χ0) is 30.2. The van der Waals surface area contributed by atoms with Crippen LogP contribution in [0.2, 0.25) is 0 Å². The number of sulfonamides is 1. The van der Waals surface area contributed by atoms with Crippen LogP contribution in [0, 0.1) is 19.8 Å². The average Bonchev–Trinajstić information content (AvgIpc) is 2.95. The molecule has 0 aliphatic rings. The van der Waals surface area contributed by atoms with Gasteiger partial charge in [-0.3, -0.25) is 13.9 Å². The lowest BCUT2D eigenvalue weighted by Crippen LogP contribution is -2.52. The van der Waals surface area contributed by atoms with E-state index in [0.717, 1.165) is 15.4 Å². The van der Waals surface area contributed by atoms with Crippen LogP contribution < -0.4 is 14.4 Å². The highest BCUT2D eigenvalue weighted by molar-refractivity contribution is 7.92. The third-order valence-electron chi connectivity index (χ3n) is 6.83. The molecule has 0 aliphatic carbocycles. The molecule has 0 aliphatic heterocycles. The second-order valence-electron chi connectivity index (χ2n) is 10.5. The summed E-state index contributed by atoms with van der Waals surface area (Å²) in [5.41, 5.74) is 2.79. The molecule has 3 aromatic rings. The fourth-order valence-electron chi connectivity index (χ4n) is 4.50. The minimum absolute atomic E-state index is 0.0835. The fraction of sp³-hybridized carbons (Fsp3) is 0.375. The molecular formula is C32H41N3O5S. The molecule has 2 amide bonds. The first-order valence-electron chi connectivity index (χ1n) is 13.8. The number of ether oxygens (including phenoxy) is 1. The van der Waals surface area contributed by atoms with Gasteiger partial charge in [0.05, 0.1) is 17.7 Å². The minimum Gasteiger partial charge on any atom is -0.497 e. The van der Waals surface area contributed by atoms with Gasteiger partial charge in [-0.2, -0.15) is 0 Å². The van der Waals surface area contributed by atoms with Crippen LogP contribution in [0.3, 0.4) is 0 Å². The predicted octanol–water partition coefficient (Wildman–Crippen LogP) is 5.09. The number of para-hydroxylation sites is 1. The number of benzene rings is 3. The van der Waals surface area contributed by atoms with E-state index in [0.29, 0.717) is 30.0 Å². The summed E-state index contributed by atoms with van der Waals surface area (Å²) in [7, 11) is -2.55. The summed E-state index contributed by atoms with van der Waals surface area (Å²) in [4.78, 5) is 29.1. The van der Waals surface area contributed by atoms with E-state index in [2.05, 4.69) is 5.32 Å². The number of carbonyl (C=O) groups is 2. The van der Waals surface area contributed by atoms with Crippen LogP contribution in [0.5, 0.6) is 5.75 Å². The quantitative estimate of drug-likeness (QED) is 0.305. The van der Waals surface area contributed by atoms with Crippen LogP contribution in [-0.2, 0) is 26.2 Å². The van der Waals surface area contributed by atoms with E-state index >= 15 is 0 Å². The van der Waals surface area contributed by atoms with Crippen molar-refractivity contribution in [2.45, 2.75) is 58.5 Å². The highest BCUT2D eigenvalue weighted by Crippen LogP contribution is 2.28. The molecule has 1 N–H and O–H groups in total. The number of aryl methyl sites for hydroxylation is 2. The van der Waals surface area contributed by atoms with Crippen molar-refractivity contribution in [2.24, 2.45) is 5.92 Å². The van der Waals surface area contributed by atoms with Gasteiger partial charge in [0, 0.05) is 13.1 Å². The molecule has 0 saturated carbocycles. The number of anilines is 1. The van der Waals surface area contributed by atoms with Gasteiger partial charge in [0.25, 0.3) is 10.0 Å². The average molecular weight is 580 g/mol. The zero-order valence-corrected chi connectivity index (χ0v) is 25.6. The Bertz CT molecular complexity index is 1440. The second kappa shape index (κ2) is 14.2. The van der Waals surface area contributed by atoms with E-state index in [4.69, 9.17) is 4.74 Å². The molecule has 8 nitrogen and oxygen atoms in total. The van der Waals surface area contributed by atoms with Crippen LogP contribution >= 0.6 is 0 Å². The standard InChI is InChI=1S/C32H41N3O5S/c1-7-29(32(37)33-20-23(2)3)34(21-26-12-10-13-27(19-26)40-6)31(36)22-35(30-14-9-8-11-25(30)5)41(38,39)28-17-15-24(4)16-18-28/h8-19,23,29H,7,20-22H2,1-6H3,(H,33,37)/t29-/m1/s1. The number of carbonyl (C=O) groups excluding carboxylic acids is 2. The summed E-state index contributed by atoms with van der Waals surface area (Å²) < 4.78 is 34.5. The molecule has 0 aromatic heterocycles. The van der Waals surface area contributed by atoms with Crippen molar-refractivity contribution in [1.29, 1.82) is 0 Å². The van der Waals surface area contributed by atoms with Crippen molar-refractivity contribution in [1.82, 2.24) is 10.2 Å². The first-order chi connectivity index (χ1) is 19.5. The number of amides is 2. The monoisotopic (exact) mass is 579 g/mol. The Morgan fingerprint density at radius 1 is 0.951 bits per heavy atom. The highest BCUT2D eigenvalue weighted by atomic mass is 32.2. The Labute approximate surface area is 244 Å². The third-order valence-corrected chi connectivity index (χ3v) is 8.60. The van der Waals surface area contributed by atoms with E-state index < -0.39 is 28.5 Å². The number of nitrogens with zero attached hydrogens (tertiary/aromatic N) is 2. The Hall–Kier alpha value is -3.85. The molecule has 0 bridgehead atoms. The normalized spacial score (nSPS) is 12.1. The summed E-state index contributed by atoms with van der Waals surface area (Å²) in [6.07, 6.45) is 0.356. The molecule has 3 aromatic carbocycles. The Morgan fingerprint density at radius 2 is 1.63 bits per heavy atom. The maximum atomic E-state index is 14.2. The summed E-state index contributed by atoms with van der Waals surface area (Å²) in [6, 6.07) is 20.1. The predicted molar refractivity (Wildman–Crippen MR) is 162 cm³/mol. The fourth-order valence-corrected chi connectivity index (χ4v) is 5.98. The molecule has 0 radical (unpaired) electrons. The molecule has 0 saturated heterocycles. The van der Waals surface area contributed by atoms with Gasteiger partial charge in [0.1, 0.15) is 18.3 Å². The van der Waals surface area contributed by atoms with Crippen LogP contribution in [0.25, 0.3) is 0 Å². The second-order valence-corrected chi connectivity index (χ2v) is 12.4. The van der Waals surface area contributed by atoms with Gasteiger partial charge in [0.2, 0.25) is 11.8 Å². The molecule has 41 heavy (non-hydrogen) atoms. The first kappa shape index (κ1) is 31.7. The highest BCUT2D eigenvalue weighted by Gasteiger charge is 2.34. The molecular weight excluding hydrogens is 538 g/mol. The number of nitrogens with one attached hydrogen (secondary N) is 1. The van der Waals surface area contributed by atoms with Crippen molar-refractivity contribution in [3.63, 3.8) is 0 Å².